The third kappa shape index (κ3) is 4.59. The van der Waals surface area contributed by atoms with Crippen LogP contribution in [-0.4, -0.2) is 5.97 Å². The number of hydrogen-bond donors (Lipinski definition) is 0. The highest BCUT2D eigenvalue weighted by atomic mass is 16.5. The normalized spacial score (nSPS) is 30.0. The van der Waals surface area contributed by atoms with Crippen LogP contribution in [0.2, 0.25) is 0 Å². The van der Waals surface area contributed by atoms with E-state index in [-0.39, 0.29) is 5.97 Å². The summed E-state index contributed by atoms with van der Waals surface area (Å²) >= 11 is 0. The quantitative estimate of drug-likeness (QED) is 0.660. The lowest BCUT2D eigenvalue weighted by Crippen LogP contribution is -2.25. The Morgan fingerprint density at radius 2 is 1.96 bits per heavy atom. The van der Waals surface area contributed by atoms with Gasteiger partial charge in [0, 0.05) is 6.42 Å². The van der Waals surface area contributed by atoms with E-state index in [9.17, 15) is 4.79 Å². The van der Waals surface area contributed by atoms with Gasteiger partial charge in [-0.1, -0.05) is 56.5 Å². The lowest BCUT2D eigenvalue weighted by Gasteiger charge is -2.32. The van der Waals surface area contributed by atoms with Crippen molar-refractivity contribution in [1.29, 1.82) is 0 Å². The monoisotopic (exact) mass is 314 g/mol. The van der Waals surface area contributed by atoms with E-state index in [4.69, 9.17) is 4.74 Å². The topological polar surface area (TPSA) is 26.3 Å². The molecule has 4 rings (SSSR count). The second kappa shape index (κ2) is 7.99. The molecule has 0 radical (unpaired) electrons. The molecule has 2 bridgehead atoms. The van der Waals surface area contributed by atoms with E-state index in [1.807, 2.05) is 30.3 Å². The Morgan fingerprint density at radius 1 is 1.13 bits per heavy atom. The Hall–Kier alpha value is -1.31. The molecule has 3 fully saturated rings. The smallest absolute Gasteiger partial charge is 0.306 e. The summed E-state index contributed by atoms with van der Waals surface area (Å²) in [5.41, 5.74) is 1.08. The second-order valence-electron chi connectivity index (χ2n) is 7.68. The van der Waals surface area contributed by atoms with Gasteiger partial charge < -0.3 is 4.74 Å². The first kappa shape index (κ1) is 16.5. The van der Waals surface area contributed by atoms with E-state index >= 15 is 0 Å². The Balaban J connectivity index is 1.50. The van der Waals surface area contributed by atoms with E-state index in [1.54, 1.807) is 0 Å². The molecular formula is C21H30O2. The van der Waals surface area contributed by atoms with E-state index < -0.39 is 0 Å². The summed E-state index contributed by atoms with van der Waals surface area (Å²) in [5.74, 6) is 3.09. The summed E-state index contributed by atoms with van der Waals surface area (Å²) in [7, 11) is 0. The Morgan fingerprint density at radius 3 is 2.74 bits per heavy atom. The van der Waals surface area contributed by atoms with Crippen molar-refractivity contribution in [2.75, 3.05) is 0 Å². The van der Waals surface area contributed by atoms with Gasteiger partial charge in [-0.2, -0.15) is 0 Å². The zero-order valence-electron chi connectivity index (χ0n) is 14.4. The molecule has 3 aliphatic rings. The molecule has 0 aliphatic heterocycles. The van der Waals surface area contributed by atoms with E-state index in [2.05, 4.69) is 6.92 Å². The van der Waals surface area contributed by atoms with Crippen LogP contribution < -0.4 is 0 Å². The van der Waals surface area contributed by atoms with Gasteiger partial charge in [-0.05, 0) is 54.9 Å². The van der Waals surface area contributed by atoms with E-state index in [0.29, 0.717) is 18.9 Å². The van der Waals surface area contributed by atoms with Gasteiger partial charge in [-0.25, -0.2) is 0 Å². The van der Waals surface area contributed by atoms with Gasteiger partial charge in [0.05, 0.1) is 0 Å². The molecular weight excluding hydrogens is 284 g/mol. The highest BCUT2D eigenvalue weighted by Gasteiger charge is 2.37. The molecule has 3 aliphatic carbocycles. The van der Waals surface area contributed by atoms with Gasteiger partial charge in [-0.3, -0.25) is 4.79 Å². The lowest BCUT2D eigenvalue weighted by molar-refractivity contribution is -0.147. The molecule has 4 unspecified atom stereocenters. The molecule has 126 valence electrons. The first-order chi connectivity index (χ1) is 11.2. The average molecular weight is 314 g/mol. The minimum atomic E-state index is -0.00144. The Labute approximate surface area is 140 Å². The van der Waals surface area contributed by atoms with Crippen molar-refractivity contribution in [2.24, 2.45) is 23.7 Å². The van der Waals surface area contributed by atoms with E-state index in [0.717, 1.165) is 23.3 Å². The summed E-state index contributed by atoms with van der Waals surface area (Å²) < 4.78 is 5.51. The molecule has 2 nitrogen and oxygen atoms in total. The van der Waals surface area contributed by atoms with Crippen LogP contribution in [-0.2, 0) is 16.1 Å². The molecule has 0 spiro atoms. The second-order valence-corrected chi connectivity index (χ2v) is 7.68. The SMILES string of the molecule is CCCC1CC2CCC(C1)C(CC(=O)OCc1ccccc1)C2. The summed E-state index contributed by atoms with van der Waals surface area (Å²) in [5, 5.41) is 0. The van der Waals surface area contributed by atoms with Crippen molar-refractivity contribution in [3.63, 3.8) is 0 Å². The van der Waals surface area contributed by atoms with Crippen molar-refractivity contribution >= 4 is 5.97 Å². The number of hydrogen-bond acceptors (Lipinski definition) is 2. The van der Waals surface area contributed by atoms with Gasteiger partial charge in [0.1, 0.15) is 6.61 Å². The lowest BCUT2D eigenvalue weighted by atomic mass is 9.74. The first-order valence-corrected chi connectivity index (χ1v) is 9.44. The maximum atomic E-state index is 12.3. The summed E-state index contributed by atoms with van der Waals surface area (Å²) in [6.45, 7) is 2.71. The van der Waals surface area contributed by atoms with Crippen LogP contribution in [0.3, 0.4) is 0 Å². The van der Waals surface area contributed by atoms with Gasteiger partial charge in [0.15, 0.2) is 0 Å². The van der Waals surface area contributed by atoms with Gasteiger partial charge in [0.25, 0.3) is 0 Å². The van der Waals surface area contributed by atoms with Crippen molar-refractivity contribution in [3.8, 4) is 0 Å². The van der Waals surface area contributed by atoms with Crippen LogP contribution >= 0.6 is 0 Å². The average Bonchev–Trinajstić information content (AvgIpc) is 2.85. The maximum absolute atomic E-state index is 12.3. The Kier molecular flexibility index (Phi) is 5.75. The number of carbonyl (C=O) groups excluding carboxylic acids is 1. The van der Waals surface area contributed by atoms with Crippen LogP contribution in [0.4, 0.5) is 0 Å². The van der Waals surface area contributed by atoms with Crippen molar-refractivity contribution in [2.45, 2.75) is 64.9 Å². The summed E-state index contributed by atoms with van der Waals surface area (Å²) in [4.78, 5) is 12.3. The third-order valence-corrected chi connectivity index (χ3v) is 5.92. The van der Waals surface area contributed by atoms with Crippen LogP contribution in [0.15, 0.2) is 30.3 Å². The van der Waals surface area contributed by atoms with Crippen molar-refractivity contribution in [3.05, 3.63) is 35.9 Å². The van der Waals surface area contributed by atoms with Crippen LogP contribution in [0, 0.1) is 23.7 Å². The van der Waals surface area contributed by atoms with Crippen molar-refractivity contribution in [1.82, 2.24) is 0 Å². The standard InChI is InChI=1S/C21H30O2/c1-2-6-17-11-18-9-10-19(12-17)20(13-18)14-21(22)23-15-16-7-4-3-5-8-16/h3-5,7-8,17-20H,2,6,9-15H2,1H3. The van der Waals surface area contributed by atoms with Gasteiger partial charge in [-0.15, -0.1) is 0 Å². The fourth-order valence-corrected chi connectivity index (χ4v) is 4.85. The minimum absolute atomic E-state index is 0.00144. The molecule has 0 saturated heterocycles. The molecule has 1 aromatic carbocycles. The third-order valence-electron chi connectivity index (χ3n) is 5.92. The van der Waals surface area contributed by atoms with Gasteiger partial charge in [0.2, 0.25) is 0 Å². The van der Waals surface area contributed by atoms with Gasteiger partial charge >= 0.3 is 5.97 Å². The number of benzene rings is 1. The summed E-state index contributed by atoms with van der Waals surface area (Å²) in [6.07, 6.45) is 10.0. The molecule has 0 amide bonds. The zero-order chi connectivity index (χ0) is 16.1. The molecule has 3 saturated carbocycles. The number of rotatable bonds is 6. The highest BCUT2D eigenvalue weighted by Crippen LogP contribution is 2.47. The fourth-order valence-electron chi connectivity index (χ4n) is 4.85. The fraction of sp³-hybridized carbons (Fsp3) is 0.667. The molecule has 0 aromatic heterocycles. The molecule has 4 atom stereocenters. The van der Waals surface area contributed by atoms with Crippen LogP contribution in [0.1, 0.15) is 63.9 Å². The number of carbonyl (C=O) groups is 1. The van der Waals surface area contributed by atoms with Crippen molar-refractivity contribution < 1.29 is 9.53 Å². The molecule has 23 heavy (non-hydrogen) atoms. The molecule has 0 N–H and O–H groups in total. The largest absolute Gasteiger partial charge is 0.461 e. The van der Waals surface area contributed by atoms with E-state index in [1.165, 1.54) is 44.9 Å². The number of ether oxygens (including phenoxy) is 1. The molecule has 2 heteroatoms. The predicted molar refractivity (Wildman–Crippen MR) is 92.8 cm³/mol. The maximum Gasteiger partial charge on any atom is 0.306 e. The molecule has 0 heterocycles. The number of fused-ring (bicyclic) bond motifs is 4. The minimum Gasteiger partial charge on any atom is -0.461 e. The zero-order valence-corrected chi connectivity index (χ0v) is 14.4. The first-order valence-electron chi connectivity index (χ1n) is 9.44. The predicted octanol–water partition coefficient (Wildman–Crippen LogP) is 5.36. The van der Waals surface area contributed by atoms with Crippen LogP contribution in [0.25, 0.3) is 0 Å². The Bertz CT molecular complexity index is 496. The number of esters is 1. The van der Waals surface area contributed by atoms with Crippen LogP contribution in [0.5, 0.6) is 0 Å². The molecule has 1 aromatic rings. The summed E-state index contributed by atoms with van der Waals surface area (Å²) in [6, 6.07) is 9.98. The highest BCUT2D eigenvalue weighted by molar-refractivity contribution is 5.69.